The SMILES string of the molecule is O=C(NCC(c1ccc(OC(F)(F)F)c(F)c1)c1ncccc1F)c1ccc(=O)[nH]c1. The van der Waals surface area contributed by atoms with E-state index in [1.54, 1.807) is 0 Å². The number of nitrogens with one attached hydrogen (secondary N) is 2. The minimum atomic E-state index is -5.08. The van der Waals surface area contributed by atoms with Gasteiger partial charge in [-0.05, 0) is 35.9 Å². The lowest BCUT2D eigenvalue weighted by molar-refractivity contribution is -0.275. The fourth-order valence-corrected chi connectivity index (χ4v) is 2.82. The van der Waals surface area contributed by atoms with Gasteiger partial charge in [0.2, 0.25) is 5.56 Å². The summed E-state index contributed by atoms with van der Waals surface area (Å²) in [4.78, 5) is 29.7. The van der Waals surface area contributed by atoms with Gasteiger partial charge in [-0.25, -0.2) is 8.78 Å². The van der Waals surface area contributed by atoms with E-state index >= 15 is 0 Å². The second-order valence-corrected chi connectivity index (χ2v) is 6.31. The van der Waals surface area contributed by atoms with Crippen LogP contribution in [-0.4, -0.2) is 28.8 Å². The summed E-state index contributed by atoms with van der Waals surface area (Å²) in [6.07, 6.45) is -2.62. The van der Waals surface area contributed by atoms with Gasteiger partial charge in [-0.3, -0.25) is 14.6 Å². The Labute approximate surface area is 171 Å². The summed E-state index contributed by atoms with van der Waals surface area (Å²) in [6, 6.07) is 7.48. The predicted molar refractivity (Wildman–Crippen MR) is 98.5 cm³/mol. The highest BCUT2D eigenvalue weighted by Crippen LogP contribution is 2.31. The summed E-state index contributed by atoms with van der Waals surface area (Å²) < 4.78 is 69.3. The van der Waals surface area contributed by atoms with Crippen molar-refractivity contribution in [2.75, 3.05) is 6.54 Å². The molecular formula is C20H14F5N3O3. The summed E-state index contributed by atoms with van der Waals surface area (Å²) in [5.41, 5.74) is -0.388. The minimum absolute atomic E-state index is 0.0615. The van der Waals surface area contributed by atoms with Crippen molar-refractivity contribution in [3.63, 3.8) is 0 Å². The Morgan fingerprint density at radius 3 is 2.52 bits per heavy atom. The van der Waals surface area contributed by atoms with Gasteiger partial charge in [0.25, 0.3) is 5.91 Å². The van der Waals surface area contributed by atoms with E-state index in [4.69, 9.17) is 0 Å². The zero-order chi connectivity index (χ0) is 22.6. The van der Waals surface area contributed by atoms with Crippen molar-refractivity contribution >= 4 is 5.91 Å². The van der Waals surface area contributed by atoms with Crippen LogP contribution in [0.3, 0.4) is 0 Å². The number of pyridine rings is 2. The second-order valence-electron chi connectivity index (χ2n) is 6.31. The molecule has 0 aliphatic carbocycles. The maximum atomic E-state index is 14.3. The Morgan fingerprint density at radius 2 is 1.90 bits per heavy atom. The molecule has 1 atom stereocenters. The molecule has 0 fully saturated rings. The summed E-state index contributed by atoms with van der Waals surface area (Å²) in [5.74, 6) is -4.75. The van der Waals surface area contributed by atoms with Gasteiger partial charge in [0.05, 0.1) is 11.3 Å². The summed E-state index contributed by atoms with van der Waals surface area (Å²) >= 11 is 0. The van der Waals surface area contributed by atoms with Gasteiger partial charge < -0.3 is 15.0 Å². The Kier molecular flexibility index (Phi) is 6.33. The van der Waals surface area contributed by atoms with Gasteiger partial charge in [-0.2, -0.15) is 0 Å². The van der Waals surface area contributed by atoms with Crippen molar-refractivity contribution in [2.24, 2.45) is 0 Å². The fourth-order valence-electron chi connectivity index (χ4n) is 2.82. The van der Waals surface area contributed by atoms with Gasteiger partial charge in [0.15, 0.2) is 11.6 Å². The van der Waals surface area contributed by atoms with Gasteiger partial charge in [-0.15, -0.1) is 13.2 Å². The van der Waals surface area contributed by atoms with Crippen LogP contribution < -0.4 is 15.6 Å². The number of hydrogen-bond acceptors (Lipinski definition) is 4. The highest BCUT2D eigenvalue weighted by atomic mass is 19.4. The molecule has 2 heterocycles. The zero-order valence-electron chi connectivity index (χ0n) is 15.5. The second kappa shape index (κ2) is 8.94. The molecule has 31 heavy (non-hydrogen) atoms. The van der Waals surface area contributed by atoms with E-state index in [1.165, 1.54) is 24.5 Å². The quantitative estimate of drug-likeness (QED) is 0.576. The lowest BCUT2D eigenvalue weighted by atomic mass is 9.94. The maximum Gasteiger partial charge on any atom is 0.573 e. The van der Waals surface area contributed by atoms with Gasteiger partial charge in [-0.1, -0.05) is 6.07 Å². The molecule has 0 radical (unpaired) electrons. The third-order valence-corrected chi connectivity index (χ3v) is 4.21. The molecule has 0 saturated carbocycles. The van der Waals surface area contributed by atoms with Crippen molar-refractivity contribution in [3.05, 3.63) is 93.7 Å². The van der Waals surface area contributed by atoms with E-state index in [0.29, 0.717) is 0 Å². The van der Waals surface area contributed by atoms with E-state index in [9.17, 15) is 31.5 Å². The predicted octanol–water partition coefficient (Wildman–Crippen LogP) is 3.51. The molecule has 1 unspecified atom stereocenters. The lowest BCUT2D eigenvalue weighted by Gasteiger charge is -2.19. The van der Waals surface area contributed by atoms with Gasteiger partial charge in [0.1, 0.15) is 5.82 Å². The highest BCUT2D eigenvalue weighted by molar-refractivity contribution is 5.93. The van der Waals surface area contributed by atoms with Crippen LogP contribution in [0.1, 0.15) is 27.5 Å². The number of ether oxygens (including phenoxy) is 1. The first-order valence-electron chi connectivity index (χ1n) is 8.76. The van der Waals surface area contributed by atoms with Crippen LogP contribution in [0.5, 0.6) is 5.75 Å². The van der Waals surface area contributed by atoms with Crippen LogP contribution in [0.2, 0.25) is 0 Å². The van der Waals surface area contributed by atoms with Crippen LogP contribution >= 0.6 is 0 Å². The van der Waals surface area contributed by atoms with Crippen molar-refractivity contribution in [1.82, 2.24) is 15.3 Å². The number of carbonyl (C=O) groups excluding carboxylic acids is 1. The monoisotopic (exact) mass is 439 g/mol. The van der Waals surface area contributed by atoms with Crippen LogP contribution in [0.4, 0.5) is 22.0 Å². The summed E-state index contributed by atoms with van der Waals surface area (Å²) in [7, 11) is 0. The molecule has 0 bridgehead atoms. The molecule has 0 aliphatic heterocycles. The van der Waals surface area contributed by atoms with Crippen molar-refractivity contribution in [1.29, 1.82) is 0 Å². The van der Waals surface area contributed by atoms with Crippen LogP contribution in [0, 0.1) is 11.6 Å². The number of rotatable bonds is 6. The number of aromatic amines is 1. The minimum Gasteiger partial charge on any atom is -0.403 e. The number of halogens is 5. The molecule has 3 aromatic rings. The average molecular weight is 439 g/mol. The molecular weight excluding hydrogens is 425 g/mol. The molecule has 0 aliphatic rings. The topological polar surface area (TPSA) is 84.1 Å². The number of hydrogen-bond donors (Lipinski definition) is 2. The molecule has 3 rings (SSSR count). The first kappa shape index (κ1) is 21.9. The number of amides is 1. The lowest BCUT2D eigenvalue weighted by Crippen LogP contribution is -2.30. The van der Waals surface area contributed by atoms with Crippen molar-refractivity contribution < 1.29 is 31.5 Å². The van der Waals surface area contributed by atoms with E-state index in [-0.39, 0.29) is 23.4 Å². The first-order valence-corrected chi connectivity index (χ1v) is 8.76. The third-order valence-electron chi connectivity index (χ3n) is 4.21. The molecule has 0 saturated heterocycles. The van der Waals surface area contributed by atoms with Gasteiger partial charge in [0, 0.05) is 30.9 Å². The first-order chi connectivity index (χ1) is 14.6. The van der Waals surface area contributed by atoms with E-state index in [2.05, 4.69) is 20.0 Å². The Hall–Kier alpha value is -3.76. The third kappa shape index (κ3) is 5.65. The number of carbonyl (C=O) groups is 1. The number of aromatic nitrogens is 2. The van der Waals surface area contributed by atoms with Crippen LogP contribution in [-0.2, 0) is 0 Å². The molecule has 2 N–H and O–H groups in total. The van der Waals surface area contributed by atoms with Crippen molar-refractivity contribution in [3.8, 4) is 5.75 Å². The summed E-state index contributed by atoms with van der Waals surface area (Å²) in [6.45, 7) is -0.259. The standard InChI is InChI=1S/C20H14F5N3O3/c21-14-2-1-7-26-18(14)13(10-28-19(30)12-4-6-17(29)27-9-12)11-3-5-16(15(22)8-11)31-20(23,24)25/h1-9,13H,10H2,(H,27,29)(H,28,30). The largest absolute Gasteiger partial charge is 0.573 e. The molecule has 162 valence electrons. The van der Waals surface area contributed by atoms with E-state index in [1.807, 2.05) is 0 Å². The molecule has 2 aromatic heterocycles. The zero-order valence-corrected chi connectivity index (χ0v) is 15.5. The molecule has 6 nitrogen and oxygen atoms in total. The van der Waals surface area contributed by atoms with Crippen LogP contribution in [0.25, 0.3) is 0 Å². The molecule has 1 aromatic carbocycles. The van der Waals surface area contributed by atoms with Crippen LogP contribution in [0.15, 0.2) is 59.7 Å². The number of alkyl halides is 3. The number of benzene rings is 1. The Bertz CT molecular complexity index is 1130. The molecule has 1 amide bonds. The van der Waals surface area contributed by atoms with Crippen molar-refractivity contribution in [2.45, 2.75) is 12.3 Å². The number of nitrogens with zero attached hydrogens (tertiary/aromatic N) is 1. The molecule has 0 spiro atoms. The fraction of sp³-hybridized carbons (Fsp3) is 0.150. The normalized spacial score (nSPS) is 12.3. The summed E-state index contributed by atoms with van der Waals surface area (Å²) in [5, 5.41) is 2.51. The Balaban J connectivity index is 1.89. The number of H-pyrrole nitrogens is 1. The maximum absolute atomic E-state index is 14.3. The van der Waals surface area contributed by atoms with Gasteiger partial charge >= 0.3 is 6.36 Å². The smallest absolute Gasteiger partial charge is 0.403 e. The van der Waals surface area contributed by atoms with E-state index < -0.39 is 41.1 Å². The van der Waals surface area contributed by atoms with E-state index in [0.717, 1.165) is 30.3 Å². The Morgan fingerprint density at radius 1 is 1.13 bits per heavy atom. The highest BCUT2D eigenvalue weighted by Gasteiger charge is 2.32. The molecule has 11 heteroatoms. The average Bonchev–Trinajstić information content (AvgIpc) is 2.70.